The molecule has 2 unspecified atom stereocenters. The Kier molecular flexibility index (Phi) is 16.1. The van der Waals surface area contributed by atoms with E-state index >= 15 is 8.78 Å². The number of nitrogens with zero attached hydrogens (tertiary/aromatic N) is 6. The van der Waals surface area contributed by atoms with E-state index in [4.69, 9.17) is 21.7 Å². The van der Waals surface area contributed by atoms with Crippen LogP contribution in [0.5, 0.6) is 0 Å². The second-order valence-corrected chi connectivity index (χ2v) is 20.5. The molecule has 6 rings (SSSR count). The summed E-state index contributed by atoms with van der Waals surface area (Å²) in [6.45, 7) is 6.22. The molecule has 2 aromatic carbocycles. The van der Waals surface area contributed by atoms with Gasteiger partial charge < -0.3 is 10.4 Å². The lowest BCUT2D eigenvalue weighted by Gasteiger charge is -2.25. The Balaban J connectivity index is 0.00000438. The summed E-state index contributed by atoms with van der Waals surface area (Å²) in [4.78, 5) is 32.6. The number of carbonyl (C=O) groups excluding carboxylic acids is 2. The minimum Gasteiger partial charge on any atom is -0.400 e. The molecule has 3 atom stereocenters. The van der Waals surface area contributed by atoms with E-state index in [1.165, 1.54) is 56.8 Å². The van der Waals surface area contributed by atoms with Crippen molar-refractivity contribution in [3.05, 3.63) is 93.0 Å². The molecular formula is C45H46ClF10N7O4S2. The van der Waals surface area contributed by atoms with Crippen molar-refractivity contribution in [3.63, 3.8) is 0 Å². The highest BCUT2D eigenvalue weighted by Crippen LogP contribution is 2.52. The first-order valence-electron chi connectivity index (χ1n) is 20.6. The maximum Gasteiger partial charge on any atom is 0.435 e. The molecule has 0 aliphatic heterocycles. The number of nitrogens with one attached hydrogen (secondary N) is 1. The smallest absolute Gasteiger partial charge is 0.400 e. The molecule has 0 saturated carbocycles. The molecule has 3 heterocycles. The average Bonchev–Trinajstić information content (AvgIpc) is 3.86. The largest absolute Gasteiger partial charge is 0.435 e. The minimum absolute atomic E-state index is 0.0110. The lowest BCUT2D eigenvalue weighted by Crippen LogP contribution is -2.41. The fraction of sp³-hybridized carbons (Fsp3) is 0.444. The number of hydrogen-bond acceptors (Lipinski definition) is 8. The lowest BCUT2D eigenvalue weighted by atomic mass is 9.93. The van der Waals surface area contributed by atoms with Crippen molar-refractivity contribution in [1.29, 1.82) is 0 Å². The first kappa shape index (κ1) is 54.8. The second-order valence-electron chi connectivity index (χ2n) is 17.5. The van der Waals surface area contributed by atoms with Gasteiger partial charge in [0.25, 0.3) is 5.92 Å². The number of rotatable bonds is 11. The number of aromatic nitrogens is 5. The Bertz CT molecular complexity index is 2850. The van der Waals surface area contributed by atoms with E-state index in [2.05, 4.69) is 27.4 Å². The van der Waals surface area contributed by atoms with Gasteiger partial charge in [0.15, 0.2) is 11.5 Å². The first-order chi connectivity index (χ1) is 31.8. The third kappa shape index (κ3) is 12.2. The molecule has 0 saturated heterocycles. The highest BCUT2D eigenvalue weighted by Gasteiger charge is 2.53. The van der Waals surface area contributed by atoms with Gasteiger partial charge in [-0.2, -0.15) is 45.3 Å². The number of fused-ring (bicyclic) bond motifs is 2. The van der Waals surface area contributed by atoms with Gasteiger partial charge in [-0.1, -0.05) is 51.3 Å². The normalized spacial score (nSPS) is 15.7. The van der Waals surface area contributed by atoms with Crippen molar-refractivity contribution in [1.82, 2.24) is 29.9 Å². The number of benzene rings is 2. The van der Waals surface area contributed by atoms with Crippen LogP contribution >= 0.6 is 23.4 Å². The molecule has 11 nitrogen and oxygen atoms in total. The SMILES string of the molecule is CO.CSC(C)(C)C#Cc1ccc(-c2ccc(Cl)c3c(N(C(=O)C(C)(C)C)S(C)=O)nn(CC(F)(F)F)c23)c(C(Cc2cc(F)cc(F)c2)NC(=O)Cn2nc(C(F)(F)F)c3c2C(F)(F)C[C@@H]3C)n1. The fourth-order valence-corrected chi connectivity index (χ4v) is 8.91. The molecule has 0 radical (unpaired) electrons. The van der Waals surface area contributed by atoms with Gasteiger partial charge in [0.1, 0.15) is 47.1 Å². The van der Waals surface area contributed by atoms with Crippen LogP contribution in [-0.4, -0.2) is 76.2 Å². The molecule has 2 N–H and O–H groups in total. The van der Waals surface area contributed by atoms with Crippen molar-refractivity contribution in [2.24, 2.45) is 5.41 Å². The van der Waals surface area contributed by atoms with E-state index in [1.54, 1.807) is 20.1 Å². The molecule has 3 aromatic heterocycles. The van der Waals surface area contributed by atoms with E-state index in [-0.39, 0.29) is 48.7 Å². The van der Waals surface area contributed by atoms with E-state index in [0.29, 0.717) is 15.1 Å². The van der Waals surface area contributed by atoms with Crippen LogP contribution in [0.3, 0.4) is 0 Å². The topological polar surface area (TPSA) is 135 Å². The quantitative estimate of drug-likeness (QED) is 0.0987. The van der Waals surface area contributed by atoms with Gasteiger partial charge in [-0.05, 0) is 74.3 Å². The van der Waals surface area contributed by atoms with Gasteiger partial charge in [0.05, 0.1) is 32.4 Å². The summed E-state index contributed by atoms with van der Waals surface area (Å²) >= 11 is 8.09. The van der Waals surface area contributed by atoms with Crippen molar-refractivity contribution < 1.29 is 62.8 Å². The zero-order valence-corrected chi connectivity index (χ0v) is 40.7. The summed E-state index contributed by atoms with van der Waals surface area (Å²) in [6, 6.07) is 6.05. The van der Waals surface area contributed by atoms with Crippen LogP contribution in [0.15, 0.2) is 42.5 Å². The zero-order chi connectivity index (χ0) is 51.9. The van der Waals surface area contributed by atoms with E-state index < -0.39 is 124 Å². The number of amides is 2. The van der Waals surface area contributed by atoms with Gasteiger partial charge >= 0.3 is 12.4 Å². The summed E-state index contributed by atoms with van der Waals surface area (Å²) in [7, 11) is -1.23. The Morgan fingerprint density at radius 3 is 2.14 bits per heavy atom. The molecule has 1 aliphatic rings. The maximum atomic E-state index is 15.4. The second kappa shape index (κ2) is 20.3. The third-order valence-electron chi connectivity index (χ3n) is 10.6. The fourth-order valence-electron chi connectivity index (χ4n) is 7.64. The highest BCUT2D eigenvalue weighted by molar-refractivity contribution is 8.00. The summed E-state index contributed by atoms with van der Waals surface area (Å²) in [6.07, 6.45) is -8.79. The molecule has 2 amide bonds. The van der Waals surface area contributed by atoms with Crippen LogP contribution in [0.25, 0.3) is 22.0 Å². The van der Waals surface area contributed by atoms with Crippen molar-refractivity contribution in [2.75, 3.05) is 23.9 Å². The first-order valence-corrected chi connectivity index (χ1v) is 23.7. The van der Waals surface area contributed by atoms with Crippen LogP contribution in [0, 0.1) is 28.9 Å². The number of aliphatic hydroxyl groups excluding tert-OH is 1. The number of halogens is 11. The van der Waals surface area contributed by atoms with Gasteiger partial charge in [-0.25, -0.2) is 22.3 Å². The van der Waals surface area contributed by atoms with Gasteiger partial charge in [0.2, 0.25) is 11.8 Å². The monoisotopic (exact) mass is 1040 g/mol. The maximum absolute atomic E-state index is 15.4. The van der Waals surface area contributed by atoms with Gasteiger partial charge in [-0.3, -0.25) is 19.0 Å². The molecule has 24 heteroatoms. The van der Waals surface area contributed by atoms with Crippen molar-refractivity contribution in [2.45, 2.75) is 102 Å². The van der Waals surface area contributed by atoms with Crippen LogP contribution in [0.4, 0.5) is 49.7 Å². The summed E-state index contributed by atoms with van der Waals surface area (Å²) < 4.78 is 160. The Morgan fingerprint density at radius 1 is 0.986 bits per heavy atom. The van der Waals surface area contributed by atoms with Gasteiger partial charge in [-0.15, -0.1) is 11.8 Å². The third-order valence-corrected chi connectivity index (χ3v) is 12.9. The lowest BCUT2D eigenvalue weighted by molar-refractivity contribution is -0.143. The minimum atomic E-state index is -5.18. The van der Waals surface area contributed by atoms with Crippen LogP contribution in [0.1, 0.15) is 93.8 Å². The number of alkyl halides is 8. The van der Waals surface area contributed by atoms with E-state index in [0.717, 1.165) is 32.4 Å². The Hall–Kier alpha value is -5.18. The number of pyridine rings is 1. The van der Waals surface area contributed by atoms with Crippen LogP contribution in [0.2, 0.25) is 5.02 Å². The standard InChI is InChI=1S/C44H42ClF10N7O3S2.CH4O/c1-22-19-42(48,49)37-32(22)36(44(53,54)55)58-60(37)20-31(63)57-30(17-23-15-24(46)18-25(47)16-23)34-27(10-9-26(56-34)13-14-41(5,6)66-7)28-11-12-29(45)33-35(28)61(21-43(50,51)52)59-38(33)62(67(8)65)39(64)40(2,3)4;1-2/h9-12,15-16,18,22,30H,17,19-21H2,1-8H3,(H,57,63);2H,1H3/t22-,30?,67?;/m0./s1. The molecule has 0 bridgehead atoms. The molecule has 5 aromatic rings. The zero-order valence-electron chi connectivity index (χ0n) is 38.4. The van der Waals surface area contributed by atoms with Crippen LogP contribution < -0.4 is 9.62 Å². The molecule has 69 heavy (non-hydrogen) atoms. The molecular weight excluding hydrogens is 992 g/mol. The predicted octanol–water partition coefficient (Wildman–Crippen LogP) is 10.3. The molecule has 374 valence electrons. The predicted molar refractivity (Wildman–Crippen MR) is 243 cm³/mol. The Morgan fingerprint density at radius 2 is 1.59 bits per heavy atom. The van der Waals surface area contributed by atoms with Crippen LogP contribution in [-0.2, 0) is 52.2 Å². The number of anilines is 1. The molecule has 0 fully saturated rings. The number of aliphatic hydroxyl groups is 1. The Labute approximate surface area is 401 Å². The summed E-state index contributed by atoms with van der Waals surface area (Å²) in [5.74, 6) is -3.82. The number of carbonyl (C=O) groups is 2. The van der Waals surface area contributed by atoms with E-state index in [9.17, 15) is 48.9 Å². The van der Waals surface area contributed by atoms with E-state index in [1.807, 2.05) is 0 Å². The van der Waals surface area contributed by atoms with Crippen molar-refractivity contribution >= 4 is 62.9 Å². The van der Waals surface area contributed by atoms with Crippen molar-refractivity contribution in [3.8, 4) is 23.0 Å². The molecule has 1 aliphatic carbocycles. The number of thioether (sulfide) groups is 1. The molecule has 0 spiro atoms. The summed E-state index contributed by atoms with van der Waals surface area (Å²) in [5, 5.41) is 16.6. The highest BCUT2D eigenvalue weighted by atomic mass is 35.5. The van der Waals surface area contributed by atoms with Gasteiger partial charge in [0, 0.05) is 48.0 Å². The number of hydrogen-bond donors (Lipinski definition) is 2. The average molecular weight is 1040 g/mol. The summed E-state index contributed by atoms with van der Waals surface area (Å²) in [5.41, 5.74) is -5.68.